The van der Waals surface area contributed by atoms with E-state index in [-0.39, 0.29) is 49.6 Å². The quantitative estimate of drug-likeness (QED) is 0.122. The first-order valence-corrected chi connectivity index (χ1v) is 25.4. The third-order valence-corrected chi connectivity index (χ3v) is 13.2. The molecule has 0 aliphatic carbocycles. The number of nitrogens with two attached hydrogens (primary N) is 2. The molecule has 20 heteroatoms. The minimum atomic E-state index is -2.41. The van der Waals surface area contributed by atoms with Crippen LogP contribution in [-0.4, -0.2) is 119 Å². The van der Waals surface area contributed by atoms with E-state index >= 15 is 0 Å². The lowest BCUT2D eigenvalue weighted by molar-refractivity contribution is -0.00203. The van der Waals surface area contributed by atoms with Crippen molar-refractivity contribution in [3.8, 4) is 46.2 Å². The Morgan fingerprint density at radius 2 is 1.03 bits per heavy atom. The van der Waals surface area contributed by atoms with Crippen LogP contribution in [0.15, 0.2) is 73.6 Å². The lowest BCUT2D eigenvalue weighted by atomic mass is 9.93. The smallest absolute Gasteiger partial charge is 0.256 e. The SMILES string of the molecule is CC.CCc1ncnc(-c2cc(Cl)c(C(=O)N3CCC(C)(O)CC3)c(Cl)c2)c1C#Cc1ccc(N)nc1.CCc1ncnc(-c2cc(Cl)c(C(=O)N3CCN(CC(F)F)CC3)c(Cl)c2)c1C#Cc1ccc(N)nc1. The summed E-state index contributed by atoms with van der Waals surface area (Å²) in [6, 6.07) is 13.5. The van der Waals surface area contributed by atoms with Crippen LogP contribution < -0.4 is 11.5 Å². The molecule has 0 atom stereocenters. The number of aryl methyl sites for hydroxylation is 2. The number of amides is 2. The highest BCUT2D eigenvalue weighted by molar-refractivity contribution is 6.41. The van der Waals surface area contributed by atoms with Crippen LogP contribution in [0.1, 0.15) is 102 Å². The fraction of sp³-hybridized carbons (Fsp3) is 0.333. The van der Waals surface area contributed by atoms with Gasteiger partial charge in [0.05, 0.1) is 77.3 Å². The highest BCUT2D eigenvalue weighted by Crippen LogP contribution is 2.36. The molecule has 386 valence electrons. The van der Waals surface area contributed by atoms with Gasteiger partial charge < -0.3 is 26.4 Å². The second kappa shape index (κ2) is 26.1. The minimum Gasteiger partial charge on any atom is -0.390 e. The molecule has 2 fully saturated rings. The Morgan fingerprint density at radius 3 is 1.38 bits per heavy atom. The normalized spacial score (nSPS) is 14.1. The van der Waals surface area contributed by atoms with Crippen molar-refractivity contribution >= 4 is 69.9 Å². The van der Waals surface area contributed by atoms with Crippen LogP contribution in [0, 0.1) is 23.7 Å². The molecule has 0 spiro atoms. The van der Waals surface area contributed by atoms with Gasteiger partial charge in [-0.2, -0.15) is 0 Å². The number of rotatable bonds is 8. The number of halogens is 6. The van der Waals surface area contributed by atoms with Crippen LogP contribution in [0.5, 0.6) is 0 Å². The van der Waals surface area contributed by atoms with Crippen molar-refractivity contribution < 1.29 is 23.5 Å². The van der Waals surface area contributed by atoms with E-state index in [1.165, 1.54) is 12.7 Å². The van der Waals surface area contributed by atoms with Crippen molar-refractivity contribution in [1.29, 1.82) is 0 Å². The van der Waals surface area contributed by atoms with E-state index < -0.39 is 12.0 Å². The highest BCUT2D eigenvalue weighted by atomic mass is 35.5. The number of piperidine rings is 1. The summed E-state index contributed by atoms with van der Waals surface area (Å²) >= 11 is 26.3. The summed E-state index contributed by atoms with van der Waals surface area (Å²) in [6.07, 6.45) is 5.97. The summed E-state index contributed by atoms with van der Waals surface area (Å²) in [5.74, 6) is 12.7. The van der Waals surface area contributed by atoms with Crippen LogP contribution >= 0.6 is 46.4 Å². The monoisotopic (exact) mass is 1080 g/mol. The molecule has 6 heterocycles. The van der Waals surface area contributed by atoms with E-state index in [1.54, 1.807) is 82.5 Å². The molecule has 0 unspecified atom stereocenters. The summed E-state index contributed by atoms with van der Waals surface area (Å²) in [5, 5.41) is 11.0. The molecule has 6 aromatic rings. The molecule has 2 amide bonds. The van der Waals surface area contributed by atoms with Crippen LogP contribution in [0.4, 0.5) is 20.4 Å². The minimum absolute atomic E-state index is 0.166. The van der Waals surface area contributed by atoms with Crippen molar-refractivity contribution in [2.45, 2.75) is 72.3 Å². The molecule has 0 saturated carbocycles. The topological polar surface area (TPSA) is 193 Å². The number of alkyl halides is 2. The van der Waals surface area contributed by atoms with Gasteiger partial charge in [-0.15, -0.1) is 0 Å². The van der Waals surface area contributed by atoms with Crippen molar-refractivity contribution in [2.75, 3.05) is 57.3 Å². The van der Waals surface area contributed by atoms with E-state index in [0.29, 0.717) is 121 Å². The van der Waals surface area contributed by atoms with Crippen molar-refractivity contribution in [3.05, 3.63) is 138 Å². The fourth-order valence-electron chi connectivity index (χ4n) is 7.97. The van der Waals surface area contributed by atoms with Gasteiger partial charge in [-0.05, 0) is 81.1 Å². The van der Waals surface area contributed by atoms with Crippen LogP contribution in [0.3, 0.4) is 0 Å². The molecule has 14 nitrogen and oxygen atoms in total. The Bertz CT molecular complexity index is 3040. The molecule has 2 aliphatic heterocycles. The van der Waals surface area contributed by atoms with Crippen LogP contribution in [0.25, 0.3) is 22.5 Å². The maximum atomic E-state index is 13.2. The van der Waals surface area contributed by atoms with Crippen LogP contribution in [-0.2, 0) is 12.8 Å². The number of hydrogen-bond acceptors (Lipinski definition) is 12. The largest absolute Gasteiger partial charge is 0.390 e. The number of nitrogens with zero attached hydrogens (tertiary/aromatic N) is 9. The lowest BCUT2D eigenvalue weighted by Gasteiger charge is -2.36. The van der Waals surface area contributed by atoms with Gasteiger partial charge >= 0.3 is 0 Å². The number of anilines is 2. The first-order valence-electron chi connectivity index (χ1n) is 23.9. The first-order chi connectivity index (χ1) is 35.4. The number of carbonyl (C=O) groups is 2. The number of benzene rings is 2. The zero-order chi connectivity index (χ0) is 53.7. The van der Waals surface area contributed by atoms with E-state index in [2.05, 4.69) is 53.6 Å². The Labute approximate surface area is 449 Å². The van der Waals surface area contributed by atoms with E-state index in [1.807, 2.05) is 27.7 Å². The predicted molar refractivity (Wildman–Crippen MR) is 288 cm³/mol. The zero-order valence-electron chi connectivity index (χ0n) is 41.5. The van der Waals surface area contributed by atoms with E-state index in [0.717, 1.165) is 11.4 Å². The summed E-state index contributed by atoms with van der Waals surface area (Å²) in [6.45, 7) is 11.6. The Kier molecular flexibility index (Phi) is 20.0. The molecule has 0 bridgehead atoms. The van der Waals surface area contributed by atoms with E-state index in [4.69, 9.17) is 57.9 Å². The number of nitrogen functional groups attached to an aromatic ring is 2. The highest BCUT2D eigenvalue weighted by Gasteiger charge is 2.32. The zero-order valence-corrected chi connectivity index (χ0v) is 44.5. The maximum absolute atomic E-state index is 13.2. The molecule has 0 radical (unpaired) electrons. The second-order valence-corrected chi connectivity index (χ2v) is 18.8. The Balaban J connectivity index is 0.000000234. The number of pyridine rings is 2. The molecular formula is C54H55Cl4F2N11O3. The summed E-state index contributed by atoms with van der Waals surface area (Å²) in [5.41, 5.74) is 17.4. The van der Waals surface area contributed by atoms with Crippen LogP contribution in [0.2, 0.25) is 20.1 Å². The van der Waals surface area contributed by atoms with Gasteiger partial charge in [0.1, 0.15) is 24.3 Å². The third-order valence-electron chi connectivity index (χ3n) is 12.0. The van der Waals surface area contributed by atoms with Gasteiger partial charge in [-0.3, -0.25) is 14.5 Å². The molecule has 74 heavy (non-hydrogen) atoms. The van der Waals surface area contributed by atoms with Gasteiger partial charge in [0.2, 0.25) is 0 Å². The molecule has 2 saturated heterocycles. The summed E-state index contributed by atoms with van der Waals surface area (Å²) in [4.78, 5) is 57.0. The number of likely N-dealkylation sites (tertiary alicyclic amines) is 1. The van der Waals surface area contributed by atoms with E-state index in [9.17, 15) is 23.5 Å². The van der Waals surface area contributed by atoms with Gasteiger partial charge in [0.15, 0.2) is 0 Å². The number of aliphatic hydroxyl groups is 1. The van der Waals surface area contributed by atoms with Crippen molar-refractivity contribution in [3.63, 3.8) is 0 Å². The number of piperazine rings is 1. The van der Waals surface area contributed by atoms with Gasteiger partial charge in [0, 0.05) is 73.9 Å². The summed E-state index contributed by atoms with van der Waals surface area (Å²) < 4.78 is 25.3. The molecule has 8 rings (SSSR count). The standard InChI is InChI=1S/C26H24Cl2F2N6O.C26H25Cl2N5O2.C2H6/c1-2-21-18(5-3-16-4-6-23(31)32-13-16)25(34-15-33-21)17-11-19(27)24(20(28)12-17)26(37)36-9-7-35(8-10-36)14-22(29)30;1-3-21-18(6-4-16-5-7-22(29)30-14-16)24(32-15-31-21)17-12-19(27)23(20(28)13-17)25(34)33-10-8-26(2,35)9-11-33;1-2/h4,6,11-13,15,22H,2,7-10,14H2,1H3,(H2,31,32);5,7,12-15,35H,3,8-11H2,1-2H3,(H2,29,30);1-2H3. The second-order valence-electron chi connectivity index (χ2n) is 17.1. The van der Waals surface area contributed by atoms with Gasteiger partial charge in [-0.1, -0.05) is 97.8 Å². The average molecular weight is 1090 g/mol. The molecule has 4 aromatic heterocycles. The number of carbonyl (C=O) groups excluding carboxylic acids is 2. The molecular weight excluding hydrogens is 1030 g/mol. The number of aromatic nitrogens is 6. The third kappa shape index (κ3) is 14.4. The number of hydrogen-bond donors (Lipinski definition) is 3. The predicted octanol–water partition coefficient (Wildman–Crippen LogP) is 9.82. The van der Waals surface area contributed by atoms with Gasteiger partial charge in [0.25, 0.3) is 18.2 Å². The summed E-state index contributed by atoms with van der Waals surface area (Å²) in [7, 11) is 0. The van der Waals surface area contributed by atoms with Gasteiger partial charge in [-0.25, -0.2) is 38.7 Å². The maximum Gasteiger partial charge on any atom is 0.256 e. The van der Waals surface area contributed by atoms with Crippen molar-refractivity contribution in [2.24, 2.45) is 0 Å². The molecule has 2 aliphatic rings. The fourth-order valence-corrected chi connectivity index (χ4v) is 9.27. The first kappa shape index (κ1) is 56.8. The lowest BCUT2D eigenvalue weighted by Crippen LogP contribution is -2.49. The Morgan fingerprint density at radius 1 is 0.635 bits per heavy atom. The molecule has 5 N–H and O–H groups in total. The molecule has 2 aromatic carbocycles. The van der Waals surface area contributed by atoms with Crippen molar-refractivity contribution in [1.82, 2.24) is 44.6 Å². The average Bonchev–Trinajstić information content (AvgIpc) is 3.38. The Hall–Kier alpha value is -6.50.